The second-order valence-electron chi connectivity index (χ2n) is 6.79. The van der Waals surface area contributed by atoms with E-state index in [2.05, 4.69) is 4.98 Å². The summed E-state index contributed by atoms with van der Waals surface area (Å²) >= 11 is 0. The maximum Gasteiger partial charge on any atom is 0.269 e. The van der Waals surface area contributed by atoms with Gasteiger partial charge in [-0.05, 0) is 48.5 Å². The van der Waals surface area contributed by atoms with Gasteiger partial charge in [0.15, 0.2) is 17.3 Å². The smallest absolute Gasteiger partial charge is 0.269 e. The number of methoxy groups -OCH3 is 2. The van der Waals surface area contributed by atoms with Crippen molar-refractivity contribution in [3.8, 4) is 23.0 Å². The standard InChI is InChI=1S/C24H18N2O6/c1-30-22-13-19-20(14-23(22)31-2)25-12-11-21(19)32-18-9-5-16(6-10-18)24(27)15-3-7-17(8-4-15)26(28)29/h3-14H,1-2H3. The third-order valence-electron chi connectivity index (χ3n) is 4.89. The highest BCUT2D eigenvalue weighted by Gasteiger charge is 2.14. The van der Waals surface area contributed by atoms with Crippen molar-refractivity contribution in [1.29, 1.82) is 0 Å². The van der Waals surface area contributed by atoms with E-state index < -0.39 is 4.92 Å². The molecule has 0 bridgehead atoms. The largest absolute Gasteiger partial charge is 0.493 e. The Balaban J connectivity index is 1.58. The molecule has 0 spiro atoms. The predicted octanol–water partition coefficient (Wildman–Crippen LogP) is 5.18. The first-order valence-corrected chi connectivity index (χ1v) is 9.58. The molecule has 3 aromatic carbocycles. The lowest BCUT2D eigenvalue weighted by Gasteiger charge is -2.12. The monoisotopic (exact) mass is 430 g/mol. The summed E-state index contributed by atoms with van der Waals surface area (Å²) in [5.74, 6) is 2.00. The lowest BCUT2D eigenvalue weighted by Crippen LogP contribution is -2.01. The minimum atomic E-state index is -0.505. The third-order valence-corrected chi connectivity index (χ3v) is 4.89. The van der Waals surface area contributed by atoms with Crippen LogP contribution in [0.3, 0.4) is 0 Å². The number of carbonyl (C=O) groups excluding carboxylic acids is 1. The fraction of sp³-hybridized carbons (Fsp3) is 0.0833. The zero-order valence-electron chi connectivity index (χ0n) is 17.3. The Morgan fingerprint density at radius 3 is 2.03 bits per heavy atom. The van der Waals surface area contributed by atoms with E-state index in [1.807, 2.05) is 0 Å². The number of aromatic nitrogens is 1. The molecule has 0 N–H and O–H groups in total. The Labute approximate surface area is 183 Å². The van der Waals surface area contributed by atoms with Crippen molar-refractivity contribution >= 4 is 22.4 Å². The number of nitro groups is 1. The Morgan fingerprint density at radius 2 is 1.44 bits per heavy atom. The second-order valence-corrected chi connectivity index (χ2v) is 6.79. The number of benzene rings is 3. The molecule has 0 aliphatic heterocycles. The van der Waals surface area contributed by atoms with Gasteiger partial charge >= 0.3 is 0 Å². The molecule has 0 aliphatic rings. The number of hydrogen-bond acceptors (Lipinski definition) is 7. The van der Waals surface area contributed by atoms with Crippen LogP contribution >= 0.6 is 0 Å². The molecule has 0 atom stereocenters. The molecule has 0 aliphatic carbocycles. The minimum absolute atomic E-state index is 0.0656. The molecule has 160 valence electrons. The molecule has 0 amide bonds. The molecule has 8 heteroatoms. The molecule has 4 rings (SSSR count). The number of nitro benzene ring substituents is 1. The van der Waals surface area contributed by atoms with Crippen LogP contribution in [0.25, 0.3) is 10.9 Å². The summed E-state index contributed by atoms with van der Waals surface area (Å²) in [4.78, 5) is 27.3. The lowest BCUT2D eigenvalue weighted by atomic mass is 10.0. The van der Waals surface area contributed by atoms with Crippen molar-refractivity contribution < 1.29 is 23.9 Å². The maximum absolute atomic E-state index is 12.7. The average molecular weight is 430 g/mol. The quantitative estimate of drug-likeness (QED) is 0.226. The van der Waals surface area contributed by atoms with E-state index in [-0.39, 0.29) is 11.5 Å². The van der Waals surface area contributed by atoms with Crippen molar-refractivity contribution in [2.24, 2.45) is 0 Å². The number of ketones is 1. The summed E-state index contributed by atoms with van der Waals surface area (Å²) < 4.78 is 16.7. The van der Waals surface area contributed by atoms with Gasteiger partial charge in [-0.1, -0.05) is 0 Å². The fourth-order valence-electron chi connectivity index (χ4n) is 3.24. The number of fused-ring (bicyclic) bond motifs is 1. The topological polar surface area (TPSA) is 101 Å². The van der Waals surface area contributed by atoms with Crippen LogP contribution in [0.4, 0.5) is 5.69 Å². The molecule has 32 heavy (non-hydrogen) atoms. The van der Waals surface area contributed by atoms with Crippen LogP contribution in [-0.4, -0.2) is 29.9 Å². The number of non-ortho nitro benzene ring substituents is 1. The second kappa shape index (κ2) is 8.73. The van der Waals surface area contributed by atoms with Gasteiger partial charge in [0.2, 0.25) is 0 Å². The van der Waals surface area contributed by atoms with Gasteiger partial charge in [-0.15, -0.1) is 0 Å². The molecule has 0 unspecified atom stereocenters. The fourth-order valence-corrected chi connectivity index (χ4v) is 3.24. The summed E-state index contributed by atoms with van der Waals surface area (Å²) in [7, 11) is 3.12. The summed E-state index contributed by atoms with van der Waals surface area (Å²) in [6.45, 7) is 0. The van der Waals surface area contributed by atoms with E-state index >= 15 is 0 Å². The Kier molecular flexibility index (Phi) is 5.67. The van der Waals surface area contributed by atoms with Crippen LogP contribution < -0.4 is 14.2 Å². The molecule has 0 saturated heterocycles. The van der Waals surface area contributed by atoms with E-state index in [1.165, 1.54) is 24.3 Å². The molecule has 1 heterocycles. The van der Waals surface area contributed by atoms with E-state index in [4.69, 9.17) is 14.2 Å². The predicted molar refractivity (Wildman–Crippen MR) is 118 cm³/mol. The summed E-state index contributed by atoms with van der Waals surface area (Å²) in [6, 6.07) is 17.5. The van der Waals surface area contributed by atoms with Gasteiger partial charge in [-0.2, -0.15) is 0 Å². The van der Waals surface area contributed by atoms with E-state index in [1.54, 1.807) is 62.9 Å². The Bertz CT molecular complexity index is 1300. The van der Waals surface area contributed by atoms with Crippen LogP contribution in [0, 0.1) is 10.1 Å². The minimum Gasteiger partial charge on any atom is -0.493 e. The molecule has 0 saturated carbocycles. The van der Waals surface area contributed by atoms with Crippen molar-refractivity contribution in [3.63, 3.8) is 0 Å². The molecule has 0 radical (unpaired) electrons. The van der Waals surface area contributed by atoms with Gasteiger partial charge in [-0.3, -0.25) is 19.9 Å². The Morgan fingerprint density at radius 1 is 0.844 bits per heavy atom. The normalized spacial score (nSPS) is 10.6. The van der Waals surface area contributed by atoms with Crippen LogP contribution in [0.5, 0.6) is 23.0 Å². The highest BCUT2D eigenvalue weighted by molar-refractivity contribution is 6.09. The van der Waals surface area contributed by atoms with Crippen LogP contribution in [0.1, 0.15) is 15.9 Å². The first-order valence-electron chi connectivity index (χ1n) is 9.58. The summed E-state index contributed by atoms with van der Waals surface area (Å²) in [5.41, 5.74) is 1.43. The van der Waals surface area contributed by atoms with Gasteiger partial charge in [0.05, 0.1) is 24.7 Å². The van der Waals surface area contributed by atoms with E-state index in [0.717, 1.165) is 5.39 Å². The zero-order chi connectivity index (χ0) is 22.7. The molecule has 4 aromatic rings. The maximum atomic E-state index is 12.7. The van der Waals surface area contributed by atoms with Gasteiger partial charge in [0.1, 0.15) is 11.5 Å². The van der Waals surface area contributed by atoms with Crippen molar-refractivity contribution in [2.45, 2.75) is 0 Å². The zero-order valence-corrected chi connectivity index (χ0v) is 17.3. The van der Waals surface area contributed by atoms with Crippen LogP contribution in [0.15, 0.2) is 72.9 Å². The highest BCUT2D eigenvalue weighted by Crippen LogP contribution is 2.36. The Hall–Kier alpha value is -4.46. The lowest BCUT2D eigenvalue weighted by molar-refractivity contribution is -0.384. The molecular weight excluding hydrogens is 412 g/mol. The van der Waals surface area contributed by atoms with Crippen molar-refractivity contribution in [2.75, 3.05) is 14.2 Å². The SMILES string of the molecule is COc1cc2nccc(Oc3ccc(C(=O)c4ccc([N+](=O)[O-])cc4)cc3)c2cc1OC. The van der Waals surface area contributed by atoms with Crippen molar-refractivity contribution in [3.05, 3.63) is 94.2 Å². The van der Waals surface area contributed by atoms with Gasteiger partial charge < -0.3 is 14.2 Å². The van der Waals surface area contributed by atoms with E-state index in [9.17, 15) is 14.9 Å². The van der Waals surface area contributed by atoms with E-state index in [0.29, 0.717) is 39.6 Å². The number of carbonyl (C=O) groups is 1. The molecule has 0 fully saturated rings. The summed E-state index contributed by atoms with van der Waals surface area (Å²) in [6.07, 6.45) is 1.63. The van der Waals surface area contributed by atoms with Crippen LogP contribution in [-0.2, 0) is 0 Å². The number of pyridine rings is 1. The first-order chi connectivity index (χ1) is 15.5. The van der Waals surface area contributed by atoms with Gasteiger partial charge in [0.25, 0.3) is 5.69 Å². The third kappa shape index (κ3) is 4.06. The van der Waals surface area contributed by atoms with Crippen LogP contribution in [0.2, 0.25) is 0 Å². The number of rotatable bonds is 7. The number of hydrogen-bond donors (Lipinski definition) is 0. The number of ether oxygens (including phenoxy) is 3. The molecular formula is C24H18N2O6. The van der Waals surface area contributed by atoms with Gasteiger partial charge in [-0.25, -0.2) is 0 Å². The van der Waals surface area contributed by atoms with Gasteiger partial charge in [0, 0.05) is 40.9 Å². The molecule has 8 nitrogen and oxygen atoms in total. The highest BCUT2D eigenvalue weighted by atomic mass is 16.6. The summed E-state index contributed by atoms with van der Waals surface area (Å²) in [5, 5.41) is 11.5. The first kappa shape index (κ1) is 20.8. The molecule has 1 aromatic heterocycles. The van der Waals surface area contributed by atoms with Crippen molar-refractivity contribution in [1.82, 2.24) is 4.98 Å². The average Bonchev–Trinajstić information content (AvgIpc) is 2.83. The number of nitrogens with zero attached hydrogens (tertiary/aromatic N) is 2.